The fourth-order valence-electron chi connectivity index (χ4n) is 1.62. The maximum atomic E-state index is 5.89. The Morgan fingerprint density at radius 1 is 1.31 bits per heavy atom. The summed E-state index contributed by atoms with van der Waals surface area (Å²) >= 11 is 7.74. The van der Waals surface area contributed by atoms with Gasteiger partial charge >= 0.3 is 0 Å². The number of halogens is 1. The van der Waals surface area contributed by atoms with Gasteiger partial charge in [0, 0.05) is 20.8 Å². The molecule has 0 nitrogen and oxygen atoms in total. The Balaban J connectivity index is 2.87. The maximum Gasteiger partial charge on any atom is 0.0480 e. The summed E-state index contributed by atoms with van der Waals surface area (Å²) in [6, 6.07) is 6.35. The van der Waals surface area contributed by atoms with Gasteiger partial charge in [-0.2, -0.15) is 0 Å². The van der Waals surface area contributed by atoms with Gasteiger partial charge in [-0.15, -0.1) is 22.9 Å². The number of alkyl halides is 1. The van der Waals surface area contributed by atoms with Crippen molar-refractivity contribution in [3.05, 3.63) is 34.2 Å². The van der Waals surface area contributed by atoms with Crippen LogP contribution in [0.1, 0.15) is 16.0 Å². The molecule has 0 amide bonds. The van der Waals surface area contributed by atoms with E-state index in [2.05, 4.69) is 32.0 Å². The van der Waals surface area contributed by atoms with Gasteiger partial charge in [0.1, 0.15) is 0 Å². The molecule has 0 atom stereocenters. The number of benzene rings is 1. The van der Waals surface area contributed by atoms with Crippen LogP contribution in [0.2, 0.25) is 0 Å². The molecule has 68 valence electrons. The van der Waals surface area contributed by atoms with Crippen LogP contribution >= 0.6 is 22.9 Å². The van der Waals surface area contributed by atoms with E-state index in [9.17, 15) is 0 Å². The molecule has 0 aliphatic heterocycles. The van der Waals surface area contributed by atoms with Gasteiger partial charge in [0.15, 0.2) is 0 Å². The molecule has 0 radical (unpaired) electrons. The van der Waals surface area contributed by atoms with Crippen molar-refractivity contribution in [2.75, 3.05) is 0 Å². The van der Waals surface area contributed by atoms with Gasteiger partial charge in [0.25, 0.3) is 0 Å². The summed E-state index contributed by atoms with van der Waals surface area (Å²) in [6.07, 6.45) is 0. The Morgan fingerprint density at radius 2 is 2.08 bits per heavy atom. The fraction of sp³-hybridized carbons (Fsp3) is 0.273. The van der Waals surface area contributed by atoms with E-state index in [-0.39, 0.29) is 0 Å². The second-order valence-corrected chi connectivity index (χ2v) is 4.73. The minimum atomic E-state index is 0.606. The second kappa shape index (κ2) is 3.32. The minimum absolute atomic E-state index is 0.606. The third-order valence-electron chi connectivity index (χ3n) is 2.42. The van der Waals surface area contributed by atoms with Crippen molar-refractivity contribution in [3.63, 3.8) is 0 Å². The molecule has 0 saturated heterocycles. The summed E-state index contributed by atoms with van der Waals surface area (Å²) in [5, 5.41) is 1.36. The molecule has 0 saturated carbocycles. The number of hydrogen-bond donors (Lipinski definition) is 0. The molecule has 2 heteroatoms. The molecule has 1 aromatic heterocycles. The van der Waals surface area contributed by atoms with Gasteiger partial charge < -0.3 is 0 Å². The third-order valence-corrected chi connectivity index (χ3v) is 3.88. The van der Waals surface area contributed by atoms with Gasteiger partial charge in [0.05, 0.1) is 0 Å². The van der Waals surface area contributed by atoms with Gasteiger partial charge in [-0.3, -0.25) is 0 Å². The number of hydrogen-bond acceptors (Lipinski definition) is 1. The Hall–Kier alpha value is -0.530. The quantitative estimate of drug-likeness (QED) is 0.618. The van der Waals surface area contributed by atoms with Crippen LogP contribution in [0.4, 0.5) is 0 Å². The third kappa shape index (κ3) is 1.36. The van der Waals surface area contributed by atoms with E-state index in [1.54, 1.807) is 0 Å². The Labute approximate surface area is 87.2 Å². The van der Waals surface area contributed by atoms with Crippen molar-refractivity contribution in [1.82, 2.24) is 0 Å². The van der Waals surface area contributed by atoms with Crippen LogP contribution in [0.3, 0.4) is 0 Å². The zero-order chi connectivity index (χ0) is 9.42. The predicted octanol–water partition coefficient (Wildman–Crippen LogP) is 4.26. The molecule has 13 heavy (non-hydrogen) atoms. The Kier molecular flexibility index (Phi) is 2.31. The lowest BCUT2D eigenvalue weighted by Gasteiger charge is -1.99. The van der Waals surface area contributed by atoms with Crippen LogP contribution in [0.5, 0.6) is 0 Å². The molecule has 0 fully saturated rings. The van der Waals surface area contributed by atoms with Crippen LogP contribution in [0, 0.1) is 13.8 Å². The van der Waals surface area contributed by atoms with Gasteiger partial charge in [0.2, 0.25) is 0 Å². The zero-order valence-electron chi connectivity index (χ0n) is 7.73. The molecule has 0 aliphatic rings. The lowest BCUT2D eigenvalue weighted by atomic mass is 10.1. The topological polar surface area (TPSA) is 0 Å². The van der Waals surface area contributed by atoms with Crippen molar-refractivity contribution < 1.29 is 0 Å². The van der Waals surface area contributed by atoms with Crippen LogP contribution < -0.4 is 0 Å². The highest BCUT2D eigenvalue weighted by Gasteiger charge is 2.07. The Morgan fingerprint density at radius 3 is 2.77 bits per heavy atom. The fourth-order valence-corrected chi connectivity index (χ4v) is 2.96. The number of thiophene rings is 1. The largest absolute Gasteiger partial charge is 0.140 e. The normalized spacial score (nSPS) is 11.0. The predicted molar refractivity (Wildman–Crippen MR) is 60.9 cm³/mol. The van der Waals surface area contributed by atoms with Gasteiger partial charge in [-0.05, 0) is 31.0 Å². The zero-order valence-corrected chi connectivity index (χ0v) is 9.30. The molecule has 0 bridgehead atoms. The van der Waals surface area contributed by atoms with Crippen molar-refractivity contribution in [2.24, 2.45) is 0 Å². The first kappa shape index (κ1) is 9.04. The van der Waals surface area contributed by atoms with Crippen LogP contribution in [0.15, 0.2) is 18.2 Å². The van der Waals surface area contributed by atoms with E-state index in [0.29, 0.717) is 5.88 Å². The van der Waals surface area contributed by atoms with E-state index in [4.69, 9.17) is 11.6 Å². The highest BCUT2D eigenvalue weighted by atomic mass is 35.5. The van der Waals surface area contributed by atoms with Crippen molar-refractivity contribution in [1.29, 1.82) is 0 Å². The summed E-state index contributed by atoms with van der Waals surface area (Å²) in [5.41, 5.74) is 2.64. The number of aryl methyl sites for hydroxylation is 2. The highest BCUT2D eigenvalue weighted by Crippen LogP contribution is 2.32. The molecule has 2 aromatic rings. The number of fused-ring (bicyclic) bond motifs is 1. The lowest BCUT2D eigenvalue weighted by molar-refractivity contribution is 1.41. The molecule has 0 spiro atoms. The van der Waals surface area contributed by atoms with Gasteiger partial charge in [-0.1, -0.05) is 12.1 Å². The van der Waals surface area contributed by atoms with Gasteiger partial charge in [-0.25, -0.2) is 0 Å². The molecule has 2 rings (SSSR count). The summed E-state index contributed by atoms with van der Waals surface area (Å²) in [5.74, 6) is 0.606. The van der Waals surface area contributed by atoms with Crippen LogP contribution in [0.25, 0.3) is 10.1 Å². The molecular weight excluding hydrogens is 200 g/mol. The lowest BCUT2D eigenvalue weighted by Crippen LogP contribution is -1.80. The van der Waals surface area contributed by atoms with Crippen LogP contribution in [-0.2, 0) is 5.88 Å². The standard InChI is InChI=1S/C11H11ClS/c1-7-8(2)13-10-5-3-4-9(6-12)11(7)10/h3-5H,6H2,1-2H3. The average molecular weight is 211 g/mol. The summed E-state index contributed by atoms with van der Waals surface area (Å²) in [6.45, 7) is 4.34. The van der Waals surface area contributed by atoms with Crippen molar-refractivity contribution >= 4 is 33.0 Å². The van der Waals surface area contributed by atoms with Crippen molar-refractivity contribution in [2.45, 2.75) is 19.7 Å². The smallest absolute Gasteiger partial charge is 0.0480 e. The molecule has 0 aliphatic carbocycles. The van der Waals surface area contributed by atoms with E-state index in [0.717, 1.165) is 0 Å². The van der Waals surface area contributed by atoms with Crippen molar-refractivity contribution in [3.8, 4) is 0 Å². The summed E-state index contributed by atoms with van der Waals surface area (Å²) in [4.78, 5) is 1.40. The Bertz CT molecular complexity index is 443. The summed E-state index contributed by atoms with van der Waals surface area (Å²) in [7, 11) is 0. The number of rotatable bonds is 1. The average Bonchev–Trinajstić information content (AvgIpc) is 2.43. The first-order valence-corrected chi connectivity index (χ1v) is 5.62. The first-order chi connectivity index (χ1) is 6.24. The molecule has 1 heterocycles. The minimum Gasteiger partial charge on any atom is -0.140 e. The summed E-state index contributed by atoms with van der Waals surface area (Å²) < 4.78 is 1.35. The van der Waals surface area contributed by atoms with Crippen LogP contribution in [-0.4, -0.2) is 0 Å². The molecule has 0 unspecified atom stereocenters. The SMILES string of the molecule is Cc1sc2cccc(CCl)c2c1C. The van der Waals surface area contributed by atoms with E-state index in [1.165, 1.54) is 26.1 Å². The molecule has 1 aromatic carbocycles. The highest BCUT2D eigenvalue weighted by molar-refractivity contribution is 7.19. The molecule has 0 N–H and O–H groups in total. The first-order valence-electron chi connectivity index (χ1n) is 4.27. The second-order valence-electron chi connectivity index (χ2n) is 3.21. The van der Waals surface area contributed by atoms with E-state index < -0.39 is 0 Å². The maximum absolute atomic E-state index is 5.89. The monoisotopic (exact) mass is 210 g/mol. The van der Waals surface area contributed by atoms with E-state index >= 15 is 0 Å². The molecular formula is C11H11ClS. The van der Waals surface area contributed by atoms with E-state index in [1.807, 2.05) is 11.3 Å².